The Labute approximate surface area is 184 Å². The van der Waals surface area contributed by atoms with Crippen molar-refractivity contribution < 1.29 is 4.79 Å². The van der Waals surface area contributed by atoms with Gasteiger partial charge in [0.2, 0.25) is 5.01 Å². The molecular weight excluding hydrogens is 394 g/mol. The van der Waals surface area contributed by atoms with Crippen LogP contribution in [0, 0.1) is 12.8 Å². The maximum Gasteiger partial charge on any atom is 0.282 e. The molecule has 7 heteroatoms. The Hall–Kier alpha value is -1.83. The lowest BCUT2D eigenvalue weighted by atomic mass is 9.84. The first kappa shape index (κ1) is 22.8. The van der Waals surface area contributed by atoms with Gasteiger partial charge in [0.05, 0.1) is 0 Å². The molecule has 1 aromatic heterocycles. The van der Waals surface area contributed by atoms with Crippen LogP contribution in [0.5, 0.6) is 0 Å². The number of hydrogen-bond donors (Lipinski definition) is 2. The highest BCUT2D eigenvalue weighted by atomic mass is 32.1. The van der Waals surface area contributed by atoms with Gasteiger partial charge in [-0.15, -0.1) is 10.2 Å². The molecule has 2 atom stereocenters. The summed E-state index contributed by atoms with van der Waals surface area (Å²) >= 11 is 1.38. The highest BCUT2D eigenvalue weighted by molar-refractivity contribution is 7.13. The van der Waals surface area contributed by atoms with Crippen molar-refractivity contribution in [2.75, 3.05) is 19.6 Å². The third-order valence-electron chi connectivity index (χ3n) is 6.05. The fraction of sp³-hybridized carbons (Fsp3) is 0.609. The van der Waals surface area contributed by atoms with Crippen LogP contribution in [-0.2, 0) is 13.1 Å². The molecule has 1 heterocycles. The van der Waals surface area contributed by atoms with Crippen LogP contribution in [0.4, 0.5) is 0 Å². The van der Waals surface area contributed by atoms with Gasteiger partial charge in [-0.05, 0) is 44.3 Å². The molecule has 0 saturated heterocycles. The number of aryl methyl sites for hydroxylation is 1. The number of benzene rings is 1. The van der Waals surface area contributed by atoms with E-state index in [1.54, 1.807) is 0 Å². The zero-order valence-electron chi connectivity index (χ0n) is 18.5. The van der Waals surface area contributed by atoms with Crippen LogP contribution in [0.1, 0.15) is 65.5 Å². The summed E-state index contributed by atoms with van der Waals surface area (Å²) in [6.45, 7) is 11.1. The van der Waals surface area contributed by atoms with Crippen LogP contribution >= 0.6 is 11.3 Å². The van der Waals surface area contributed by atoms with Crippen LogP contribution in [0.3, 0.4) is 0 Å². The van der Waals surface area contributed by atoms with Crippen molar-refractivity contribution in [2.24, 2.45) is 5.92 Å². The maximum absolute atomic E-state index is 12.4. The summed E-state index contributed by atoms with van der Waals surface area (Å²) in [5, 5.41) is 16.3. The lowest BCUT2D eigenvalue weighted by Gasteiger charge is -2.35. The summed E-state index contributed by atoms with van der Waals surface area (Å²) in [6.07, 6.45) is 5.12. The number of carbonyl (C=O) groups excluding carboxylic acids is 1. The van der Waals surface area contributed by atoms with E-state index in [0.717, 1.165) is 30.2 Å². The van der Waals surface area contributed by atoms with E-state index in [1.807, 2.05) is 12.1 Å². The molecule has 2 N–H and O–H groups in total. The Morgan fingerprint density at radius 2 is 1.83 bits per heavy atom. The number of nitrogens with zero attached hydrogens (tertiary/aromatic N) is 3. The second-order valence-electron chi connectivity index (χ2n) is 8.19. The standard InChI is InChI=1S/C23H35N5OS/c1-4-28(5-2)16-19-8-6-7-9-20(19)24-15-21-26-27-23(30-21)22(29)25-14-18-12-10-17(3)11-13-18/h10-13,19-20,24H,4-9,14-16H2,1-3H3,(H,25,29). The third-order valence-corrected chi connectivity index (χ3v) is 6.97. The van der Waals surface area contributed by atoms with E-state index in [1.165, 1.54) is 42.6 Å². The largest absolute Gasteiger partial charge is 0.346 e. The van der Waals surface area contributed by atoms with Crippen LogP contribution in [0.2, 0.25) is 0 Å². The number of carbonyl (C=O) groups is 1. The number of amides is 1. The summed E-state index contributed by atoms with van der Waals surface area (Å²) in [5.41, 5.74) is 2.29. The number of rotatable bonds is 10. The van der Waals surface area contributed by atoms with Gasteiger partial charge in [-0.1, -0.05) is 67.9 Å². The predicted octanol–water partition coefficient (Wildman–Crippen LogP) is 3.77. The first-order valence-corrected chi connectivity index (χ1v) is 12.0. The maximum atomic E-state index is 12.4. The second-order valence-corrected chi connectivity index (χ2v) is 9.25. The Morgan fingerprint density at radius 3 is 2.57 bits per heavy atom. The van der Waals surface area contributed by atoms with Gasteiger partial charge in [0.15, 0.2) is 0 Å². The van der Waals surface area contributed by atoms with Crippen molar-refractivity contribution in [3.8, 4) is 0 Å². The minimum Gasteiger partial charge on any atom is -0.346 e. The van der Waals surface area contributed by atoms with E-state index in [-0.39, 0.29) is 5.91 Å². The third kappa shape index (κ3) is 6.59. The van der Waals surface area contributed by atoms with E-state index < -0.39 is 0 Å². The fourth-order valence-corrected chi connectivity index (χ4v) is 4.81. The molecule has 164 valence electrons. The minimum atomic E-state index is -0.156. The predicted molar refractivity (Wildman–Crippen MR) is 123 cm³/mol. The van der Waals surface area contributed by atoms with Gasteiger partial charge in [0.1, 0.15) is 5.01 Å². The zero-order chi connectivity index (χ0) is 21.3. The van der Waals surface area contributed by atoms with E-state index in [0.29, 0.717) is 30.1 Å². The Morgan fingerprint density at radius 1 is 1.10 bits per heavy atom. The molecule has 3 rings (SSSR count). The van der Waals surface area contributed by atoms with Crippen LogP contribution in [0.15, 0.2) is 24.3 Å². The summed E-state index contributed by atoms with van der Waals surface area (Å²) in [6, 6.07) is 8.68. The van der Waals surface area contributed by atoms with Gasteiger partial charge in [0, 0.05) is 25.7 Å². The van der Waals surface area contributed by atoms with E-state index >= 15 is 0 Å². The van der Waals surface area contributed by atoms with Crippen molar-refractivity contribution in [3.05, 3.63) is 45.4 Å². The second kappa shape index (κ2) is 11.5. The van der Waals surface area contributed by atoms with Gasteiger partial charge in [-0.3, -0.25) is 4.79 Å². The fourth-order valence-electron chi connectivity index (χ4n) is 4.11. The zero-order valence-corrected chi connectivity index (χ0v) is 19.3. The Balaban J connectivity index is 1.49. The average Bonchev–Trinajstić information content (AvgIpc) is 3.25. The summed E-state index contributed by atoms with van der Waals surface area (Å²) in [7, 11) is 0. The topological polar surface area (TPSA) is 70.1 Å². The number of aromatic nitrogens is 2. The molecule has 30 heavy (non-hydrogen) atoms. The van der Waals surface area contributed by atoms with E-state index in [9.17, 15) is 4.79 Å². The van der Waals surface area contributed by atoms with E-state index in [2.05, 4.69) is 58.6 Å². The summed E-state index contributed by atoms with van der Waals surface area (Å²) in [5.74, 6) is 0.528. The monoisotopic (exact) mass is 429 g/mol. The smallest absolute Gasteiger partial charge is 0.282 e. The molecule has 0 radical (unpaired) electrons. The molecule has 2 aromatic rings. The average molecular weight is 430 g/mol. The molecule has 1 amide bonds. The first-order chi connectivity index (χ1) is 14.6. The van der Waals surface area contributed by atoms with Gasteiger partial charge in [-0.2, -0.15) is 0 Å². The van der Waals surface area contributed by atoms with Crippen LogP contribution in [-0.4, -0.2) is 46.7 Å². The minimum absolute atomic E-state index is 0.156. The first-order valence-electron chi connectivity index (χ1n) is 11.2. The summed E-state index contributed by atoms with van der Waals surface area (Å²) < 4.78 is 0. The normalized spacial score (nSPS) is 19.2. The molecule has 1 fully saturated rings. The molecule has 0 spiro atoms. The number of nitrogens with one attached hydrogen (secondary N) is 2. The molecule has 2 unspecified atom stereocenters. The Bertz CT molecular complexity index is 787. The van der Waals surface area contributed by atoms with Gasteiger partial charge >= 0.3 is 0 Å². The molecule has 0 aliphatic heterocycles. The molecule has 6 nitrogen and oxygen atoms in total. The van der Waals surface area contributed by atoms with Crippen molar-refractivity contribution >= 4 is 17.2 Å². The van der Waals surface area contributed by atoms with Crippen LogP contribution in [0.25, 0.3) is 0 Å². The molecule has 1 saturated carbocycles. The van der Waals surface area contributed by atoms with Crippen molar-refractivity contribution in [3.63, 3.8) is 0 Å². The van der Waals surface area contributed by atoms with Crippen molar-refractivity contribution in [1.82, 2.24) is 25.7 Å². The lowest BCUT2D eigenvalue weighted by Crippen LogP contribution is -2.44. The van der Waals surface area contributed by atoms with Gasteiger partial charge < -0.3 is 15.5 Å². The molecule has 0 bridgehead atoms. The highest BCUT2D eigenvalue weighted by Crippen LogP contribution is 2.26. The van der Waals surface area contributed by atoms with Gasteiger partial charge in [0.25, 0.3) is 5.91 Å². The Kier molecular flexibility index (Phi) is 8.78. The SMILES string of the molecule is CCN(CC)CC1CCCCC1NCc1nnc(C(=O)NCc2ccc(C)cc2)s1. The molecular formula is C23H35N5OS. The molecule has 1 aliphatic carbocycles. The lowest BCUT2D eigenvalue weighted by molar-refractivity contribution is 0.0950. The van der Waals surface area contributed by atoms with Crippen LogP contribution < -0.4 is 10.6 Å². The number of hydrogen-bond acceptors (Lipinski definition) is 6. The van der Waals surface area contributed by atoms with E-state index in [4.69, 9.17) is 0 Å². The van der Waals surface area contributed by atoms with Crippen molar-refractivity contribution in [1.29, 1.82) is 0 Å². The van der Waals surface area contributed by atoms with Crippen molar-refractivity contribution in [2.45, 2.75) is 65.6 Å². The molecule has 1 aliphatic rings. The quantitative estimate of drug-likeness (QED) is 0.602. The highest BCUT2D eigenvalue weighted by Gasteiger charge is 2.26. The van der Waals surface area contributed by atoms with Gasteiger partial charge in [-0.25, -0.2) is 0 Å². The summed E-state index contributed by atoms with van der Waals surface area (Å²) in [4.78, 5) is 14.9. The molecule has 1 aromatic carbocycles.